The summed E-state index contributed by atoms with van der Waals surface area (Å²) in [4.78, 5) is 0.595. The van der Waals surface area contributed by atoms with Gasteiger partial charge in [0.1, 0.15) is 11.1 Å². The average Bonchev–Trinajstić information content (AvgIpc) is 1.98. The van der Waals surface area contributed by atoms with Crippen molar-refractivity contribution in [2.45, 2.75) is 13.0 Å². The van der Waals surface area contributed by atoms with E-state index in [1.165, 1.54) is 0 Å². The second-order valence-corrected chi connectivity index (χ2v) is 2.61. The molecule has 0 aliphatic carbocycles. The van der Waals surface area contributed by atoms with Crippen molar-refractivity contribution in [3.8, 4) is 0 Å². The van der Waals surface area contributed by atoms with E-state index in [1.807, 2.05) is 6.92 Å². The van der Waals surface area contributed by atoms with Gasteiger partial charge in [0.05, 0.1) is 0 Å². The van der Waals surface area contributed by atoms with E-state index in [4.69, 9.17) is 17.3 Å². The number of thiocarbonyl (C=S) groups is 1. The summed E-state index contributed by atoms with van der Waals surface area (Å²) < 4.78 is 0. The van der Waals surface area contributed by atoms with Crippen LogP contribution in [0.5, 0.6) is 0 Å². The summed E-state index contributed by atoms with van der Waals surface area (Å²) in [5.41, 5.74) is 0. The highest BCUT2D eigenvalue weighted by atomic mass is 32.1. The number of hydrogen-bond donors (Lipinski definition) is 2. The molecule has 0 unspecified atom stereocenters. The summed E-state index contributed by atoms with van der Waals surface area (Å²) >= 11 is 4.76. The molecule has 1 saturated heterocycles. The summed E-state index contributed by atoms with van der Waals surface area (Å²) in [5, 5.41) is 12.0. The van der Waals surface area contributed by atoms with Crippen LogP contribution in [0.15, 0.2) is 0 Å². The maximum atomic E-state index is 9.06. The molecule has 2 nitrogen and oxygen atoms in total. The molecule has 0 radical (unpaired) electrons. The largest absolute Gasteiger partial charge is 0.386 e. The van der Waals surface area contributed by atoms with E-state index >= 15 is 0 Å². The number of rotatable bonds is 0. The van der Waals surface area contributed by atoms with Crippen molar-refractivity contribution < 1.29 is 5.11 Å². The highest BCUT2D eigenvalue weighted by Gasteiger charge is 2.24. The maximum absolute atomic E-state index is 9.06. The molecule has 1 aliphatic rings. The Morgan fingerprint density at radius 3 is 2.62 bits per heavy atom. The summed E-state index contributed by atoms with van der Waals surface area (Å²) in [6.07, 6.45) is -0.398. The van der Waals surface area contributed by atoms with E-state index in [0.29, 0.717) is 10.9 Å². The minimum absolute atomic E-state index is 0.294. The van der Waals surface area contributed by atoms with Crippen LogP contribution in [0.3, 0.4) is 0 Å². The Kier molecular flexibility index (Phi) is 1.49. The summed E-state index contributed by atoms with van der Waals surface area (Å²) in [6.45, 7) is 2.79. The normalized spacial score (nSPS) is 37.5. The third-order valence-electron chi connectivity index (χ3n) is 1.41. The van der Waals surface area contributed by atoms with Gasteiger partial charge in [-0.25, -0.2) is 0 Å². The standard InChI is InChI=1S/C5H9NOS/c1-3-2-6-5(8)4(3)7/h3-4,7H,2H2,1H3,(H,6,8)/t3-,4+/m1/s1. The minimum Gasteiger partial charge on any atom is -0.386 e. The SMILES string of the molecule is C[C@@H]1CNC(=S)[C@H]1O. The van der Waals surface area contributed by atoms with E-state index in [1.54, 1.807) is 0 Å². The quantitative estimate of drug-likeness (QED) is 0.451. The van der Waals surface area contributed by atoms with Crippen molar-refractivity contribution in [3.63, 3.8) is 0 Å². The molecule has 0 aromatic heterocycles. The lowest BCUT2D eigenvalue weighted by atomic mass is 10.1. The van der Waals surface area contributed by atoms with Crippen LogP contribution in [0.2, 0.25) is 0 Å². The van der Waals surface area contributed by atoms with Crippen LogP contribution in [0, 0.1) is 5.92 Å². The van der Waals surface area contributed by atoms with Crippen LogP contribution < -0.4 is 5.32 Å². The van der Waals surface area contributed by atoms with Gasteiger partial charge in [0.25, 0.3) is 0 Å². The van der Waals surface area contributed by atoms with Crippen LogP contribution in [0.25, 0.3) is 0 Å². The Balaban J connectivity index is 2.56. The topological polar surface area (TPSA) is 32.3 Å². The molecular weight excluding hydrogens is 122 g/mol. The molecule has 1 aliphatic heterocycles. The van der Waals surface area contributed by atoms with Gasteiger partial charge in [0.2, 0.25) is 0 Å². The maximum Gasteiger partial charge on any atom is 0.108 e. The van der Waals surface area contributed by atoms with Gasteiger partial charge in [-0.05, 0) is 0 Å². The number of nitrogens with one attached hydrogen (secondary N) is 1. The van der Waals surface area contributed by atoms with Crippen molar-refractivity contribution in [2.75, 3.05) is 6.54 Å². The van der Waals surface area contributed by atoms with Gasteiger partial charge in [0, 0.05) is 12.5 Å². The van der Waals surface area contributed by atoms with Gasteiger partial charge in [0.15, 0.2) is 0 Å². The lowest BCUT2D eigenvalue weighted by molar-refractivity contribution is 0.201. The van der Waals surface area contributed by atoms with E-state index in [9.17, 15) is 0 Å². The number of hydrogen-bond acceptors (Lipinski definition) is 2. The highest BCUT2D eigenvalue weighted by molar-refractivity contribution is 7.80. The number of aliphatic hydroxyl groups excluding tert-OH is 1. The zero-order valence-electron chi connectivity index (χ0n) is 4.72. The van der Waals surface area contributed by atoms with Crippen molar-refractivity contribution in [1.29, 1.82) is 0 Å². The smallest absolute Gasteiger partial charge is 0.108 e. The fourth-order valence-corrected chi connectivity index (χ4v) is 1.05. The fourth-order valence-electron chi connectivity index (χ4n) is 0.736. The molecule has 0 aromatic rings. The van der Waals surface area contributed by atoms with Gasteiger partial charge >= 0.3 is 0 Å². The van der Waals surface area contributed by atoms with E-state index in [2.05, 4.69) is 5.32 Å². The molecule has 8 heavy (non-hydrogen) atoms. The van der Waals surface area contributed by atoms with E-state index in [0.717, 1.165) is 6.54 Å². The first kappa shape index (κ1) is 5.98. The Labute approximate surface area is 53.9 Å². The Morgan fingerprint density at radius 1 is 1.88 bits per heavy atom. The molecule has 1 heterocycles. The Hall–Kier alpha value is -0.150. The van der Waals surface area contributed by atoms with Crippen molar-refractivity contribution in [1.82, 2.24) is 5.32 Å². The van der Waals surface area contributed by atoms with Gasteiger partial charge in [-0.2, -0.15) is 0 Å². The molecule has 1 rings (SSSR count). The summed E-state index contributed by atoms with van der Waals surface area (Å²) in [6, 6.07) is 0. The average molecular weight is 131 g/mol. The zero-order valence-corrected chi connectivity index (χ0v) is 5.53. The molecule has 0 amide bonds. The Morgan fingerprint density at radius 2 is 2.50 bits per heavy atom. The Bertz CT molecular complexity index is 115. The first-order valence-electron chi connectivity index (χ1n) is 2.67. The fraction of sp³-hybridized carbons (Fsp3) is 0.800. The third-order valence-corrected chi connectivity index (χ3v) is 1.79. The molecule has 0 spiro atoms. The van der Waals surface area contributed by atoms with Gasteiger partial charge in [-0.3, -0.25) is 0 Å². The molecule has 46 valence electrons. The predicted molar refractivity (Wildman–Crippen MR) is 35.8 cm³/mol. The first-order chi connectivity index (χ1) is 3.72. The van der Waals surface area contributed by atoms with Gasteiger partial charge < -0.3 is 10.4 Å². The van der Waals surface area contributed by atoms with E-state index in [-0.39, 0.29) is 0 Å². The molecule has 2 atom stereocenters. The van der Waals surface area contributed by atoms with Crippen LogP contribution >= 0.6 is 12.2 Å². The molecule has 2 N–H and O–H groups in total. The molecule has 3 heteroatoms. The van der Waals surface area contributed by atoms with Crippen LogP contribution in [-0.2, 0) is 0 Å². The highest BCUT2D eigenvalue weighted by Crippen LogP contribution is 2.08. The second kappa shape index (κ2) is 1.99. The molecule has 0 bridgehead atoms. The molecule has 1 fully saturated rings. The van der Waals surface area contributed by atoms with Crippen molar-refractivity contribution >= 4 is 17.2 Å². The van der Waals surface area contributed by atoms with Crippen molar-refractivity contribution in [2.24, 2.45) is 5.92 Å². The predicted octanol–water partition coefficient (Wildman–Crippen LogP) is -0.0860. The summed E-state index contributed by atoms with van der Waals surface area (Å²) in [5.74, 6) is 0.294. The molecule has 0 saturated carbocycles. The monoisotopic (exact) mass is 131 g/mol. The molecular formula is C5H9NOS. The van der Waals surface area contributed by atoms with Crippen LogP contribution in [0.1, 0.15) is 6.92 Å². The van der Waals surface area contributed by atoms with E-state index < -0.39 is 6.10 Å². The minimum atomic E-state index is -0.398. The summed E-state index contributed by atoms with van der Waals surface area (Å²) in [7, 11) is 0. The van der Waals surface area contributed by atoms with Crippen molar-refractivity contribution in [3.05, 3.63) is 0 Å². The number of aliphatic hydroxyl groups is 1. The van der Waals surface area contributed by atoms with Crippen LogP contribution in [0.4, 0.5) is 0 Å². The third kappa shape index (κ3) is 0.833. The zero-order chi connectivity index (χ0) is 6.15. The van der Waals surface area contributed by atoms with Gasteiger partial charge in [-0.15, -0.1) is 0 Å². The van der Waals surface area contributed by atoms with Gasteiger partial charge in [-0.1, -0.05) is 19.1 Å². The van der Waals surface area contributed by atoms with Crippen LogP contribution in [-0.4, -0.2) is 22.7 Å². The molecule has 0 aromatic carbocycles. The lowest BCUT2D eigenvalue weighted by Crippen LogP contribution is -2.21. The first-order valence-corrected chi connectivity index (χ1v) is 3.08. The second-order valence-electron chi connectivity index (χ2n) is 2.17. The lowest BCUT2D eigenvalue weighted by Gasteiger charge is -2.02.